The molecule has 0 aliphatic rings. The lowest BCUT2D eigenvalue weighted by molar-refractivity contribution is -0.128. The molecular formula is C12H15N3O4. The van der Waals surface area contributed by atoms with E-state index < -0.39 is 23.8 Å². The van der Waals surface area contributed by atoms with E-state index in [2.05, 4.69) is 5.32 Å². The van der Waals surface area contributed by atoms with E-state index in [0.717, 1.165) is 5.56 Å². The molecule has 0 heterocycles. The maximum atomic E-state index is 11.9. The van der Waals surface area contributed by atoms with Gasteiger partial charge in [-0.2, -0.15) is 0 Å². The van der Waals surface area contributed by atoms with E-state index in [4.69, 9.17) is 16.2 Å². The van der Waals surface area contributed by atoms with Crippen LogP contribution in [0.25, 0.3) is 0 Å². The average molecular weight is 265 g/mol. The molecule has 102 valence electrons. The first-order valence-corrected chi connectivity index (χ1v) is 5.41. The van der Waals surface area contributed by atoms with Crippen molar-refractivity contribution >= 4 is 17.7 Å². The Kier molecular flexibility index (Phi) is 4.46. The third kappa shape index (κ3) is 3.44. The summed E-state index contributed by atoms with van der Waals surface area (Å²) in [7, 11) is 1.47. The first-order chi connectivity index (χ1) is 8.86. The smallest absolute Gasteiger partial charge is 0.252 e. The molecule has 0 aliphatic heterocycles. The number of carbonyl (C=O) groups excluding carboxylic acids is 3. The molecule has 3 amide bonds. The molecule has 0 spiro atoms. The van der Waals surface area contributed by atoms with Crippen molar-refractivity contribution in [1.29, 1.82) is 0 Å². The summed E-state index contributed by atoms with van der Waals surface area (Å²) in [6.07, 6.45) is 0. The van der Waals surface area contributed by atoms with Crippen molar-refractivity contribution in [2.75, 3.05) is 7.11 Å². The lowest BCUT2D eigenvalue weighted by Crippen LogP contribution is -2.52. The molecule has 0 bridgehead atoms. The second kappa shape index (κ2) is 5.85. The first kappa shape index (κ1) is 14.5. The van der Waals surface area contributed by atoms with E-state index in [0.29, 0.717) is 5.75 Å². The highest BCUT2D eigenvalue weighted by Gasteiger charge is 2.24. The highest BCUT2D eigenvalue weighted by Crippen LogP contribution is 2.18. The molecule has 1 rings (SSSR count). The Morgan fingerprint density at radius 3 is 2.26 bits per heavy atom. The largest absolute Gasteiger partial charge is 0.496 e. The first-order valence-electron chi connectivity index (χ1n) is 5.41. The van der Waals surface area contributed by atoms with E-state index >= 15 is 0 Å². The second-order valence-corrected chi connectivity index (χ2v) is 3.90. The minimum Gasteiger partial charge on any atom is -0.496 e. The van der Waals surface area contributed by atoms with Crippen LogP contribution in [0.1, 0.15) is 15.9 Å². The third-order valence-corrected chi connectivity index (χ3v) is 2.51. The molecule has 0 aromatic heterocycles. The number of hydrogen-bond donors (Lipinski definition) is 3. The van der Waals surface area contributed by atoms with E-state index in [1.165, 1.54) is 19.2 Å². The molecular weight excluding hydrogens is 250 g/mol. The Morgan fingerprint density at radius 2 is 1.79 bits per heavy atom. The van der Waals surface area contributed by atoms with E-state index in [1.807, 2.05) is 6.92 Å². The van der Waals surface area contributed by atoms with E-state index in [9.17, 15) is 14.4 Å². The number of nitrogens with two attached hydrogens (primary N) is 2. The van der Waals surface area contributed by atoms with Crippen LogP contribution in [0.2, 0.25) is 0 Å². The Morgan fingerprint density at radius 1 is 1.21 bits per heavy atom. The molecule has 1 aromatic carbocycles. The van der Waals surface area contributed by atoms with Gasteiger partial charge in [-0.1, -0.05) is 6.07 Å². The van der Waals surface area contributed by atoms with Gasteiger partial charge in [-0.15, -0.1) is 0 Å². The zero-order valence-corrected chi connectivity index (χ0v) is 10.6. The van der Waals surface area contributed by atoms with Gasteiger partial charge in [0.25, 0.3) is 5.91 Å². The molecule has 0 unspecified atom stereocenters. The Balaban J connectivity index is 2.94. The van der Waals surface area contributed by atoms with Gasteiger partial charge < -0.3 is 21.5 Å². The minimum absolute atomic E-state index is 0.231. The summed E-state index contributed by atoms with van der Waals surface area (Å²) in [5.74, 6) is -2.15. The Labute approximate surface area is 109 Å². The van der Waals surface area contributed by atoms with Crippen LogP contribution in [0.15, 0.2) is 18.2 Å². The number of primary amides is 2. The fourth-order valence-electron chi connectivity index (χ4n) is 1.46. The molecule has 0 aliphatic carbocycles. The monoisotopic (exact) mass is 265 g/mol. The molecule has 0 saturated carbocycles. The number of aryl methyl sites for hydroxylation is 1. The van der Waals surface area contributed by atoms with Crippen LogP contribution in [0.4, 0.5) is 0 Å². The van der Waals surface area contributed by atoms with Gasteiger partial charge in [0.05, 0.1) is 7.11 Å². The number of amides is 3. The second-order valence-electron chi connectivity index (χ2n) is 3.90. The summed E-state index contributed by atoms with van der Waals surface area (Å²) in [5, 5.41) is 2.16. The Bertz CT molecular complexity index is 514. The molecule has 19 heavy (non-hydrogen) atoms. The number of carbonyl (C=O) groups is 3. The summed E-state index contributed by atoms with van der Waals surface area (Å²) in [4.78, 5) is 33.8. The summed E-state index contributed by atoms with van der Waals surface area (Å²) in [5.41, 5.74) is 11.0. The van der Waals surface area contributed by atoms with E-state index in [-0.39, 0.29) is 5.56 Å². The lowest BCUT2D eigenvalue weighted by Gasteiger charge is -2.13. The number of methoxy groups -OCH3 is 1. The Hall–Kier alpha value is -2.57. The van der Waals surface area contributed by atoms with Crippen LogP contribution in [-0.4, -0.2) is 30.9 Å². The minimum atomic E-state index is -1.54. The lowest BCUT2D eigenvalue weighted by atomic mass is 10.1. The van der Waals surface area contributed by atoms with Crippen LogP contribution in [0.5, 0.6) is 5.75 Å². The van der Waals surface area contributed by atoms with E-state index in [1.54, 1.807) is 6.07 Å². The fourth-order valence-corrected chi connectivity index (χ4v) is 1.46. The van der Waals surface area contributed by atoms with Crippen molar-refractivity contribution in [3.05, 3.63) is 29.3 Å². The maximum Gasteiger partial charge on any atom is 0.252 e. The molecule has 0 radical (unpaired) electrons. The van der Waals surface area contributed by atoms with Gasteiger partial charge in [-0.05, 0) is 24.6 Å². The summed E-state index contributed by atoms with van der Waals surface area (Å²) in [6.45, 7) is 1.82. The number of benzene rings is 1. The molecule has 0 atom stereocenters. The van der Waals surface area contributed by atoms with Crippen molar-refractivity contribution in [1.82, 2.24) is 5.32 Å². The summed E-state index contributed by atoms with van der Waals surface area (Å²) in [6, 6.07) is 3.16. The van der Waals surface area contributed by atoms with Crippen LogP contribution < -0.4 is 21.5 Å². The highest BCUT2D eigenvalue weighted by molar-refractivity contribution is 6.08. The summed E-state index contributed by atoms with van der Waals surface area (Å²) < 4.78 is 5.07. The van der Waals surface area contributed by atoms with Gasteiger partial charge >= 0.3 is 0 Å². The molecule has 7 nitrogen and oxygen atoms in total. The normalized spacial score (nSPS) is 10.1. The number of rotatable bonds is 5. The fraction of sp³-hybridized carbons (Fsp3) is 0.250. The number of hydrogen-bond acceptors (Lipinski definition) is 4. The van der Waals surface area contributed by atoms with Crippen molar-refractivity contribution < 1.29 is 19.1 Å². The highest BCUT2D eigenvalue weighted by atomic mass is 16.5. The van der Waals surface area contributed by atoms with Crippen molar-refractivity contribution in [3.63, 3.8) is 0 Å². The summed E-state index contributed by atoms with van der Waals surface area (Å²) >= 11 is 0. The number of nitrogens with one attached hydrogen (secondary N) is 1. The molecule has 7 heteroatoms. The zero-order chi connectivity index (χ0) is 14.6. The van der Waals surface area contributed by atoms with Crippen molar-refractivity contribution in [2.45, 2.75) is 13.0 Å². The molecule has 1 aromatic rings. The van der Waals surface area contributed by atoms with Crippen LogP contribution in [-0.2, 0) is 9.59 Å². The van der Waals surface area contributed by atoms with Crippen LogP contribution in [0, 0.1) is 6.92 Å². The van der Waals surface area contributed by atoms with Gasteiger partial charge in [-0.3, -0.25) is 14.4 Å². The van der Waals surface area contributed by atoms with Crippen molar-refractivity contribution in [3.8, 4) is 5.75 Å². The van der Waals surface area contributed by atoms with Crippen LogP contribution >= 0.6 is 0 Å². The SMILES string of the molecule is COc1cc(C(=O)NC(C(N)=O)C(N)=O)ccc1C. The zero-order valence-electron chi connectivity index (χ0n) is 10.6. The van der Waals surface area contributed by atoms with Gasteiger partial charge in [0.1, 0.15) is 5.75 Å². The molecule has 5 N–H and O–H groups in total. The van der Waals surface area contributed by atoms with Gasteiger partial charge in [0.15, 0.2) is 6.04 Å². The number of ether oxygens (including phenoxy) is 1. The maximum absolute atomic E-state index is 11.9. The predicted molar refractivity (Wildman–Crippen MR) is 67.4 cm³/mol. The van der Waals surface area contributed by atoms with Crippen LogP contribution in [0.3, 0.4) is 0 Å². The molecule has 0 saturated heterocycles. The van der Waals surface area contributed by atoms with Gasteiger partial charge in [0, 0.05) is 5.56 Å². The quantitative estimate of drug-likeness (QED) is 0.595. The van der Waals surface area contributed by atoms with Gasteiger partial charge in [0.2, 0.25) is 11.8 Å². The van der Waals surface area contributed by atoms with Gasteiger partial charge in [-0.25, -0.2) is 0 Å². The topological polar surface area (TPSA) is 125 Å². The van der Waals surface area contributed by atoms with Crippen molar-refractivity contribution in [2.24, 2.45) is 11.5 Å². The molecule has 0 fully saturated rings. The standard InChI is InChI=1S/C12H15N3O4/c1-6-3-4-7(5-8(6)19-2)12(18)15-9(10(13)16)11(14)17/h3-5,9H,1-2H3,(H2,13,16)(H2,14,17)(H,15,18). The predicted octanol–water partition coefficient (Wildman–Crippen LogP) is -0.927. The average Bonchev–Trinajstić information content (AvgIpc) is 2.35. The third-order valence-electron chi connectivity index (χ3n) is 2.51.